The lowest BCUT2D eigenvalue weighted by Crippen LogP contribution is -2.84. The van der Waals surface area contributed by atoms with Gasteiger partial charge in [-0.1, -0.05) is 11.6 Å². The van der Waals surface area contributed by atoms with Crippen LogP contribution < -0.4 is 20.7 Å². The first-order chi connectivity index (χ1) is 14.9. The third-order valence-electron chi connectivity index (χ3n) is 6.62. The molecule has 168 valence electrons. The lowest BCUT2D eigenvalue weighted by molar-refractivity contribution is -0.150. The molecule has 5 aliphatic rings. The second-order valence-corrected chi connectivity index (χ2v) is 10.8. The van der Waals surface area contributed by atoms with Crippen molar-refractivity contribution in [2.75, 3.05) is 26.2 Å². The van der Waals surface area contributed by atoms with Gasteiger partial charge in [-0.15, -0.1) is 11.8 Å². The minimum atomic E-state index is -0.584. The minimum absolute atomic E-state index is 0.0105. The highest BCUT2D eigenvalue weighted by Crippen LogP contribution is 2.60. The van der Waals surface area contributed by atoms with Gasteiger partial charge in [-0.2, -0.15) is 0 Å². The first-order valence-electron chi connectivity index (χ1n) is 10.7. The summed E-state index contributed by atoms with van der Waals surface area (Å²) >= 11 is 7.35. The molecule has 1 aromatic carbocycles. The number of nitrogens with one attached hydrogen (secondary N) is 3. The fourth-order valence-electron chi connectivity index (χ4n) is 5.25. The van der Waals surface area contributed by atoms with Crippen LogP contribution in [0.4, 0.5) is 4.39 Å². The van der Waals surface area contributed by atoms with Crippen LogP contribution in [0.2, 0.25) is 5.02 Å². The standard InChI is InChI=1S/C21H26ClFN4O3S/c22-14-4-3-13(7-15(14)23)30-9-17(28)25-20-10-21(11-20,12-20)26-18(29)16-8-24-19(31-16)27-5-1-2-6-27/h3-4,7,16,19,24H,1-2,5-6,8-12H2,(H,25,28)(H,26,29). The van der Waals surface area contributed by atoms with Crippen LogP contribution in [0.5, 0.6) is 5.75 Å². The van der Waals surface area contributed by atoms with Crippen molar-refractivity contribution in [3.05, 3.63) is 29.0 Å². The number of carbonyl (C=O) groups excluding carboxylic acids is 2. The summed E-state index contributed by atoms with van der Waals surface area (Å²) in [5.41, 5.74) is -0.194. The Morgan fingerprint density at radius 2 is 1.94 bits per heavy atom. The molecule has 2 saturated heterocycles. The maximum absolute atomic E-state index is 13.4. The second-order valence-electron chi connectivity index (χ2n) is 9.12. The van der Waals surface area contributed by atoms with Crippen LogP contribution in [0.25, 0.3) is 0 Å². The van der Waals surface area contributed by atoms with Crippen molar-refractivity contribution in [1.82, 2.24) is 20.9 Å². The number of nitrogens with zero attached hydrogens (tertiary/aromatic N) is 1. The Hall–Kier alpha value is -1.55. The van der Waals surface area contributed by atoms with E-state index in [4.69, 9.17) is 16.3 Å². The number of hydrogen-bond donors (Lipinski definition) is 3. The Balaban J connectivity index is 1.04. The van der Waals surface area contributed by atoms with E-state index in [1.54, 1.807) is 11.8 Å². The topological polar surface area (TPSA) is 82.7 Å². The van der Waals surface area contributed by atoms with Gasteiger partial charge in [0.2, 0.25) is 5.91 Å². The maximum Gasteiger partial charge on any atom is 0.258 e. The molecule has 0 aromatic heterocycles. The number of hydrogen-bond acceptors (Lipinski definition) is 6. The van der Waals surface area contributed by atoms with E-state index in [2.05, 4.69) is 20.9 Å². The molecule has 2 atom stereocenters. The van der Waals surface area contributed by atoms with Gasteiger partial charge in [-0.3, -0.25) is 19.8 Å². The summed E-state index contributed by atoms with van der Waals surface area (Å²) in [6.07, 6.45) is 4.69. The van der Waals surface area contributed by atoms with Crippen LogP contribution in [-0.2, 0) is 9.59 Å². The van der Waals surface area contributed by atoms with Crippen molar-refractivity contribution in [3.8, 4) is 5.75 Å². The molecule has 0 spiro atoms. The summed E-state index contributed by atoms with van der Waals surface area (Å²) < 4.78 is 18.8. The predicted octanol–water partition coefficient (Wildman–Crippen LogP) is 1.85. The summed E-state index contributed by atoms with van der Waals surface area (Å²) in [5, 5.41) is 9.63. The quantitative estimate of drug-likeness (QED) is 0.566. The van der Waals surface area contributed by atoms with Crippen LogP contribution >= 0.6 is 23.4 Å². The number of thioether (sulfide) groups is 1. The van der Waals surface area contributed by atoms with E-state index in [9.17, 15) is 14.0 Å². The van der Waals surface area contributed by atoms with Gasteiger partial charge in [-0.05, 0) is 44.2 Å². The van der Waals surface area contributed by atoms with Gasteiger partial charge in [0.25, 0.3) is 5.91 Å². The number of halogens is 2. The smallest absolute Gasteiger partial charge is 0.258 e. The van der Waals surface area contributed by atoms with Gasteiger partial charge in [0.15, 0.2) is 6.61 Å². The zero-order valence-electron chi connectivity index (χ0n) is 17.1. The Labute approximate surface area is 189 Å². The van der Waals surface area contributed by atoms with Crippen molar-refractivity contribution in [2.24, 2.45) is 0 Å². The average molecular weight is 469 g/mol. The van der Waals surface area contributed by atoms with Gasteiger partial charge < -0.3 is 15.4 Å². The molecule has 7 nitrogen and oxygen atoms in total. The van der Waals surface area contributed by atoms with Crippen LogP contribution in [0.1, 0.15) is 32.1 Å². The molecule has 2 bridgehead atoms. The largest absolute Gasteiger partial charge is 0.484 e. The number of ether oxygens (including phenoxy) is 1. The second kappa shape index (κ2) is 8.10. The average Bonchev–Trinajstić information content (AvgIpc) is 3.37. The van der Waals surface area contributed by atoms with Crippen molar-refractivity contribution in [2.45, 2.75) is 53.9 Å². The fraction of sp³-hybridized carbons (Fsp3) is 0.619. The minimum Gasteiger partial charge on any atom is -0.484 e. The number of likely N-dealkylation sites (tertiary alicyclic amines) is 1. The molecule has 1 aromatic rings. The molecule has 5 fully saturated rings. The number of benzene rings is 1. The Bertz CT molecular complexity index is 878. The zero-order valence-corrected chi connectivity index (χ0v) is 18.7. The van der Waals surface area contributed by atoms with E-state index in [0.29, 0.717) is 6.54 Å². The highest BCUT2D eigenvalue weighted by Gasteiger charge is 2.69. The van der Waals surface area contributed by atoms with E-state index in [-0.39, 0.29) is 51.0 Å². The van der Waals surface area contributed by atoms with Crippen molar-refractivity contribution in [1.29, 1.82) is 0 Å². The van der Waals surface area contributed by atoms with Crippen LogP contribution in [0.15, 0.2) is 18.2 Å². The molecule has 31 heavy (non-hydrogen) atoms. The van der Waals surface area contributed by atoms with Gasteiger partial charge in [0, 0.05) is 36.8 Å². The van der Waals surface area contributed by atoms with Crippen LogP contribution in [-0.4, -0.2) is 64.8 Å². The SMILES string of the molecule is O=C(COc1ccc(Cl)c(F)c1)NC12CC(NC(=O)C3CNC(N4CCCC4)S3)(C1)C2. The molecule has 2 aliphatic heterocycles. The number of rotatable bonds is 7. The van der Waals surface area contributed by atoms with Gasteiger partial charge in [0.05, 0.1) is 10.3 Å². The molecule has 10 heteroatoms. The maximum atomic E-state index is 13.4. The highest BCUT2D eigenvalue weighted by molar-refractivity contribution is 8.01. The summed E-state index contributed by atoms with van der Waals surface area (Å²) in [7, 11) is 0. The van der Waals surface area contributed by atoms with E-state index < -0.39 is 5.82 Å². The summed E-state index contributed by atoms with van der Waals surface area (Å²) in [4.78, 5) is 27.4. The fourth-order valence-corrected chi connectivity index (χ4v) is 6.63. The molecular formula is C21H26ClFN4O3S. The monoisotopic (exact) mass is 468 g/mol. The Morgan fingerprint density at radius 3 is 2.65 bits per heavy atom. The van der Waals surface area contributed by atoms with E-state index >= 15 is 0 Å². The predicted molar refractivity (Wildman–Crippen MR) is 116 cm³/mol. The number of amides is 2. The summed E-state index contributed by atoms with van der Waals surface area (Å²) in [6, 6.07) is 4.07. The molecule has 0 radical (unpaired) electrons. The van der Waals surface area contributed by atoms with Crippen molar-refractivity contribution < 1.29 is 18.7 Å². The van der Waals surface area contributed by atoms with E-state index in [1.165, 1.54) is 25.0 Å². The van der Waals surface area contributed by atoms with Gasteiger partial charge in [-0.25, -0.2) is 4.39 Å². The molecule has 2 unspecified atom stereocenters. The van der Waals surface area contributed by atoms with Gasteiger partial charge in [0.1, 0.15) is 17.1 Å². The van der Waals surface area contributed by atoms with Crippen LogP contribution in [0.3, 0.4) is 0 Å². The molecule has 3 saturated carbocycles. The lowest BCUT2D eigenvalue weighted by atomic mass is 9.44. The molecule has 2 amide bonds. The lowest BCUT2D eigenvalue weighted by Gasteiger charge is -2.70. The first-order valence-corrected chi connectivity index (χ1v) is 12.0. The summed E-state index contributed by atoms with van der Waals surface area (Å²) in [5.74, 6) is -0.488. The molecule has 6 rings (SSSR count). The zero-order chi connectivity index (χ0) is 21.6. The van der Waals surface area contributed by atoms with Crippen LogP contribution in [0, 0.1) is 5.82 Å². The molecule has 3 N–H and O–H groups in total. The third kappa shape index (κ3) is 4.25. The Kier molecular flexibility index (Phi) is 5.57. The number of carbonyl (C=O) groups is 2. The first kappa shape index (κ1) is 21.3. The van der Waals surface area contributed by atoms with E-state index in [1.807, 2.05) is 0 Å². The highest BCUT2D eigenvalue weighted by atomic mass is 35.5. The molecular weight excluding hydrogens is 443 g/mol. The van der Waals surface area contributed by atoms with Crippen molar-refractivity contribution >= 4 is 35.2 Å². The normalized spacial score (nSPS) is 34.0. The van der Waals surface area contributed by atoms with Crippen molar-refractivity contribution in [3.63, 3.8) is 0 Å². The van der Waals surface area contributed by atoms with E-state index in [0.717, 1.165) is 38.4 Å². The van der Waals surface area contributed by atoms with Gasteiger partial charge >= 0.3 is 0 Å². The molecule has 2 heterocycles. The summed E-state index contributed by atoms with van der Waals surface area (Å²) in [6.45, 7) is 2.70. The molecule has 3 aliphatic carbocycles. The Morgan fingerprint density at radius 1 is 1.23 bits per heavy atom. The third-order valence-corrected chi connectivity index (χ3v) is 8.36.